The highest BCUT2D eigenvalue weighted by Gasteiger charge is 2.39. The Kier molecular flexibility index (Phi) is 4.05. The van der Waals surface area contributed by atoms with E-state index in [-0.39, 0.29) is 17.8 Å². The van der Waals surface area contributed by atoms with Crippen LogP contribution in [0.2, 0.25) is 0 Å². The largest absolute Gasteiger partial charge is 0.469 e. The minimum absolute atomic E-state index is 0.0701. The number of nitrogens with one attached hydrogen (secondary N) is 1. The molecule has 3 rings (SSSR count). The minimum atomic E-state index is -0.248. The van der Waals surface area contributed by atoms with E-state index in [1.54, 1.807) is 0 Å². The molecule has 5 nitrogen and oxygen atoms in total. The highest BCUT2D eigenvalue weighted by Crippen LogP contribution is 2.43. The molecular formula is C15H18N2O3S. The summed E-state index contributed by atoms with van der Waals surface area (Å²) in [5.74, 6) is 0.886. The molecule has 1 aromatic heterocycles. The number of nitrogens with zero attached hydrogens (tertiary/aromatic N) is 1. The van der Waals surface area contributed by atoms with E-state index in [1.807, 2.05) is 5.38 Å². The summed E-state index contributed by atoms with van der Waals surface area (Å²) >= 11 is 1.40. The second-order valence-electron chi connectivity index (χ2n) is 5.60. The van der Waals surface area contributed by atoms with Gasteiger partial charge in [0.15, 0.2) is 5.13 Å². The van der Waals surface area contributed by atoms with Crippen LogP contribution in [0.4, 0.5) is 5.13 Å². The van der Waals surface area contributed by atoms with E-state index in [9.17, 15) is 9.59 Å². The Morgan fingerprint density at radius 1 is 1.43 bits per heavy atom. The maximum atomic E-state index is 12.3. The summed E-state index contributed by atoms with van der Waals surface area (Å²) in [4.78, 5) is 27.7. The monoisotopic (exact) mass is 306 g/mol. The van der Waals surface area contributed by atoms with Crippen LogP contribution in [0, 0.1) is 17.8 Å². The molecule has 6 heteroatoms. The topological polar surface area (TPSA) is 68.3 Å². The molecule has 0 aliphatic heterocycles. The number of carbonyl (C=O) groups is 2. The molecule has 21 heavy (non-hydrogen) atoms. The Labute approximate surface area is 127 Å². The Bertz CT molecular complexity index is 581. The van der Waals surface area contributed by atoms with Crippen LogP contribution in [0.25, 0.3) is 0 Å². The fourth-order valence-corrected chi connectivity index (χ4v) is 3.84. The number of hydrogen-bond donors (Lipinski definition) is 1. The molecule has 1 aromatic rings. The Morgan fingerprint density at radius 2 is 2.29 bits per heavy atom. The van der Waals surface area contributed by atoms with Gasteiger partial charge >= 0.3 is 5.97 Å². The van der Waals surface area contributed by atoms with Crippen molar-refractivity contribution in [2.24, 2.45) is 17.8 Å². The summed E-state index contributed by atoms with van der Waals surface area (Å²) < 4.78 is 4.60. The van der Waals surface area contributed by atoms with Crippen LogP contribution in [0.5, 0.6) is 0 Å². The standard InChI is InChI=1S/C15H18N2O3S/c1-20-13(18)5-4-11-8-21-15(16-11)17-14(19)12-7-9-2-3-10(12)6-9/h2-3,8-10,12H,4-7H2,1H3,(H,16,17,19)/t9-,10-,12-/m0/s1. The number of carbonyl (C=O) groups excluding carboxylic acids is 2. The Hall–Kier alpha value is -1.69. The Morgan fingerprint density at radius 3 is 2.95 bits per heavy atom. The minimum Gasteiger partial charge on any atom is -0.469 e. The van der Waals surface area contributed by atoms with Gasteiger partial charge < -0.3 is 10.1 Å². The fourth-order valence-electron chi connectivity index (χ4n) is 3.09. The molecule has 2 aliphatic rings. The van der Waals surface area contributed by atoms with Crippen molar-refractivity contribution in [3.8, 4) is 0 Å². The van der Waals surface area contributed by atoms with Gasteiger partial charge in [0.25, 0.3) is 0 Å². The first-order valence-corrected chi connectivity index (χ1v) is 8.04. The number of aryl methyl sites for hydroxylation is 1. The van der Waals surface area contributed by atoms with Crippen LogP contribution in [-0.4, -0.2) is 24.0 Å². The fraction of sp³-hybridized carbons (Fsp3) is 0.533. The first-order chi connectivity index (χ1) is 10.2. The van der Waals surface area contributed by atoms with Gasteiger partial charge in [0.1, 0.15) is 0 Å². The summed E-state index contributed by atoms with van der Waals surface area (Å²) in [5, 5.41) is 5.40. The van der Waals surface area contributed by atoms with Gasteiger partial charge in [0.2, 0.25) is 5.91 Å². The average molecular weight is 306 g/mol. The lowest BCUT2D eigenvalue weighted by molar-refractivity contribution is -0.140. The number of amides is 1. The van der Waals surface area contributed by atoms with E-state index in [2.05, 4.69) is 27.2 Å². The molecule has 0 unspecified atom stereocenters. The van der Waals surface area contributed by atoms with Gasteiger partial charge in [-0.05, 0) is 24.7 Å². The van der Waals surface area contributed by atoms with Crippen molar-refractivity contribution in [1.29, 1.82) is 0 Å². The number of hydrogen-bond acceptors (Lipinski definition) is 5. The molecule has 2 bridgehead atoms. The normalized spacial score (nSPS) is 26.0. The number of fused-ring (bicyclic) bond motifs is 2. The van der Waals surface area contributed by atoms with Gasteiger partial charge in [-0.15, -0.1) is 11.3 Å². The number of thiazole rings is 1. The van der Waals surface area contributed by atoms with Gasteiger partial charge in [-0.25, -0.2) is 4.98 Å². The molecule has 1 amide bonds. The van der Waals surface area contributed by atoms with Crippen molar-refractivity contribution in [1.82, 2.24) is 4.98 Å². The zero-order chi connectivity index (χ0) is 14.8. The molecule has 1 N–H and O–H groups in total. The van der Waals surface area contributed by atoms with E-state index in [0.717, 1.165) is 18.5 Å². The van der Waals surface area contributed by atoms with Gasteiger partial charge in [-0.3, -0.25) is 9.59 Å². The smallest absolute Gasteiger partial charge is 0.305 e. The van der Waals surface area contributed by atoms with E-state index < -0.39 is 0 Å². The molecule has 0 aromatic carbocycles. The second-order valence-corrected chi connectivity index (χ2v) is 6.45. The van der Waals surface area contributed by atoms with Crippen LogP contribution in [0.3, 0.4) is 0 Å². The summed E-state index contributed by atoms with van der Waals surface area (Å²) in [5.41, 5.74) is 0.813. The number of ether oxygens (including phenoxy) is 1. The van der Waals surface area contributed by atoms with Crippen molar-refractivity contribution in [2.45, 2.75) is 25.7 Å². The third-order valence-electron chi connectivity index (χ3n) is 4.21. The number of esters is 1. The van der Waals surface area contributed by atoms with Crippen molar-refractivity contribution < 1.29 is 14.3 Å². The van der Waals surface area contributed by atoms with E-state index in [4.69, 9.17) is 0 Å². The summed E-state index contributed by atoms with van der Waals surface area (Å²) in [6.07, 6.45) is 7.30. The molecule has 1 fully saturated rings. The van der Waals surface area contributed by atoms with E-state index in [1.165, 1.54) is 18.4 Å². The van der Waals surface area contributed by atoms with Gasteiger partial charge in [-0.2, -0.15) is 0 Å². The molecule has 1 saturated carbocycles. The van der Waals surface area contributed by atoms with E-state index in [0.29, 0.717) is 29.8 Å². The maximum Gasteiger partial charge on any atom is 0.305 e. The summed E-state index contributed by atoms with van der Waals surface area (Å²) in [7, 11) is 1.37. The van der Waals surface area contributed by atoms with Crippen LogP contribution in [0.15, 0.2) is 17.5 Å². The molecule has 0 spiro atoms. The van der Waals surface area contributed by atoms with Crippen LogP contribution < -0.4 is 5.32 Å². The number of methoxy groups -OCH3 is 1. The SMILES string of the molecule is COC(=O)CCc1csc(NC(=O)[C@H]2C[C@H]3C=C[C@H]2C3)n1. The predicted octanol–water partition coefficient (Wildman–Crippen LogP) is 2.40. The van der Waals surface area contributed by atoms with Crippen LogP contribution in [-0.2, 0) is 20.7 Å². The van der Waals surface area contributed by atoms with Crippen LogP contribution in [0.1, 0.15) is 25.0 Å². The lowest BCUT2D eigenvalue weighted by atomic mass is 9.93. The lowest BCUT2D eigenvalue weighted by Gasteiger charge is -2.16. The molecule has 112 valence electrons. The summed E-state index contributed by atoms with van der Waals surface area (Å²) in [6, 6.07) is 0. The molecule has 1 heterocycles. The zero-order valence-electron chi connectivity index (χ0n) is 11.9. The van der Waals surface area contributed by atoms with Crippen molar-refractivity contribution in [3.05, 3.63) is 23.2 Å². The third-order valence-corrected chi connectivity index (χ3v) is 5.02. The number of allylic oxidation sites excluding steroid dienone is 2. The van der Waals surface area contributed by atoms with E-state index >= 15 is 0 Å². The first-order valence-electron chi connectivity index (χ1n) is 7.16. The lowest BCUT2D eigenvalue weighted by Crippen LogP contribution is -2.25. The highest BCUT2D eigenvalue weighted by atomic mass is 32.1. The van der Waals surface area contributed by atoms with Crippen molar-refractivity contribution in [3.63, 3.8) is 0 Å². The number of rotatable bonds is 5. The first kappa shape index (κ1) is 14.3. The Balaban J connectivity index is 1.53. The highest BCUT2D eigenvalue weighted by molar-refractivity contribution is 7.13. The van der Waals surface area contributed by atoms with Crippen LogP contribution >= 0.6 is 11.3 Å². The maximum absolute atomic E-state index is 12.3. The quantitative estimate of drug-likeness (QED) is 0.670. The third kappa shape index (κ3) is 3.15. The van der Waals surface area contributed by atoms with Gasteiger partial charge in [0, 0.05) is 17.7 Å². The molecule has 3 atom stereocenters. The van der Waals surface area contributed by atoms with Crippen molar-refractivity contribution >= 4 is 28.3 Å². The second kappa shape index (κ2) is 5.97. The van der Waals surface area contributed by atoms with Gasteiger partial charge in [-0.1, -0.05) is 12.2 Å². The molecule has 0 saturated heterocycles. The zero-order valence-corrected chi connectivity index (χ0v) is 12.7. The average Bonchev–Trinajstić information content (AvgIpc) is 3.20. The molecular weight excluding hydrogens is 288 g/mol. The van der Waals surface area contributed by atoms with Gasteiger partial charge in [0.05, 0.1) is 19.2 Å². The molecule has 2 aliphatic carbocycles. The van der Waals surface area contributed by atoms with Crippen molar-refractivity contribution in [2.75, 3.05) is 12.4 Å². The number of aromatic nitrogens is 1. The summed E-state index contributed by atoms with van der Waals surface area (Å²) in [6.45, 7) is 0. The number of anilines is 1. The molecule has 0 radical (unpaired) electrons. The predicted molar refractivity (Wildman–Crippen MR) is 79.9 cm³/mol.